The summed E-state index contributed by atoms with van der Waals surface area (Å²) in [5.41, 5.74) is 0.425. The highest BCUT2D eigenvalue weighted by Gasteiger charge is 2.31. The lowest BCUT2D eigenvalue weighted by molar-refractivity contribution is -0.137. The summed E-state index contributed by atoms with van der Waals surface area (Å²) < 4.78 is 39.8. The number of halogens is 5. The van der Waals surface area contributed by atoms with Crippen molar-refractivity contribution in [2.24, 2.45) is 0 Å². The molecule has 0 saturated carbocycles. The van der Waals surface area contributed by atoms with Crippen LogP contribution >= 0.6 is 23.2 Å². The van der Waals surface area contributed by atoms with Crippen molar-refractivity contribution >= 4 is 46.6 Å². The average molecular weight is 539 g/mol. The zero-order chi connectivity index (χ0) is 26.1. The van der Waals surface area contributed by atoms with Gasteiger partial charge in [0.1, 0.15) is 0 Å². The van der Waals surface area contributed by atoms with Gasteiger partial charge in [0.15, 0.2) is 0 Å². The number of nitrogens with zero attached hydrogens (tertiary/aromatic N) is 1. The Hall–Kier alpha value is -3.43. The molecule has 0 spiro atoms. The summed E-state index contributed by atoms with van der Waals surface area (Å²) in [6, 6.07) is 17.2. The van der Waals surface area contributed by atoms with Gasteiger partial charge in [0.2, 0.25) is 0 Å². The zero-order valence-corrected chi connectivity index (χ0v) is 20.4. The van der Waals surface area contributed by atoms with E-state index >= 15 is 0 Å². The van der Waals surface area contributed by atoms with Crippen LogP contribution in [0.2, 0.25) is 10.0 Å². The highest BCUT2D eigenvalue weighted by molar-refractivity contribution is 6.42. The van der Waals surface area contributed by atoms with E-state index in [0.29, 0.717) is 17.3 Å². The van der Waals surface area contributed by atoms with Crippen LogP contribution in [0, 0.1) is 0 Å². The molecule has 6 nitrogen and oxygen atoms in total. The number of rotatable bonds is 8. The molecule has 3 N–H and O–H groups in total. The van der Waals surface area contributed by atoms with Gasteiger partial charge in [-0.05, 0) is 48.4 Å². The van der Waals surface area contributed by atoms with E-state index in [1.807, 2.05) is 30.3 Å². The molecule has 0 atom stereocenters. The average Bonchev–Trinajstić information content (AvgIpc) is 2.85. The van der Waals surface area contributed by atoms with Crippen LogP contribution in [0.4, 0.5) is 34.1 Å². The van der Waals surface area contributed by atoms with Crippen LogP contribution in [-0.4, -0.2) is 25.2 Å². The second-order valence-corrected chi connectivity index (χ2v) is 8.52. The predicted molar refractivity (Wildman–Crippen MR) is 136 cm³/mol. The van der Waals surface area contributed by atoms with Crippen molar-refractivity contribution in [2.75, 3.05) is 23.3 Å². The molecule has 0 fully saturated rings. The number of nitrogens with one attached hydrogen (secondary N) is 3. The van der Waals surface area contributed by atoms with Crippen LogP contribution in [0.15, 0.2) is 72.8 Å². The molecule has 0 aromatic heterocycles. The van der Waals surface area contributed by atoms with E-state index in [-0.39, 0.29) is 30.2 Å². The lowest BCUT2D eigenvalue weighted by Gasteiger charge is -2.24. The minimum atomic E-state index is -4.57. The number of carbonyl (C=O) groups excluding carboxylic acids is 2. The van der Waals surface area contributed by atoms with E-state index in [9.17, 15) is 22.8 Å². The number of hydrogen-bond acceptors (Lipinski definition) is 2. The Labute approximate surface area is 216 Å². The summed E-state index contributed by atoms with van der Waals surface area (Å²) >= 11 is 11.9. The maximum Gasteiger partial charge on any atom is 0.416 e. The van der Waals surface area contributed by atoms with Crippen molar-refractivity contribution in [3.05, 3.63) is 94.0 Å². The highest BCUT2D eigenvalue weighted by atomic mass is 35.5. The molecule has 0 bridgehead atoms. The first kappa shape index (κ1) is 27.2. The van der Waals surface area contributed by atoms with Crippen LogP contribution < -0.4 is 20.9 Å². The van der Waals surface area contributed by atoms with Gasteiger partial charge in [0, 0.05) is 31.0 Å². The molecule has 3 rings (SSSR count). The zero-order valence-electron chi connectivity index (χ0n) is 18.9. The first-order valence-corrected chi connectivity index (χ1v) is 11.7. The first-order chi connectivity index (χ1) is 17.1. The van der Waals surface area contributed by atoms with Gasteiger partial charge in [-0.3, -0.25) is 4.90 Å². The Balaban J connectivity index is 1.64. The van der Waals surface area contributed by atoms with Crippen molar-refractivity contribution in [2.45, 2.75) is 19.1 Å². The van der Waals surface area contributed by atoms with Gasteiger partial charge in [-0.25, -0.2) is 9.59 Å². The fraction of sp³-hybridized carbons (Fsp3) is 0.200. The summed E-state index contributed by atoms with van der Waals surface area (Å²) in [4.78, 5) is 26.2. The van der Waals surface area contributed by atoms with Crippen molar-refractivity contribution in [1.29, 1.82) is 0 Å². The molecular weight excluding hydrogens is 516 g/mol. The normalized spacial score (nSPS) is 11.0. The Morgan fingerprint density at radius 1 is 0.861 bits per heavy atom. The Bertz CT molecular complexity index is 1190. The molecular formula is C25H23Cl2F3N4O2. The minimum Gasteiger partial charge on any atom is -0.338 e. The van der Waals surface area contributed by atoms with E-state index in [1.165, 1.54) is 35.2 Å². The largest absolute Gasteiger partial charge is 0.416 e. The summed E-state index contributed by atoms with van der Waals surface area (Å²) in [6.45, 7) is 0.568. The fourth-order valence-corrected chi connectivity index (χ4v) is 3.54. The number of carbonyl (C=O) groups is 2. The molecule has 0 radical (unpaired) electrons. The maximum absolute atomic E-state index is 13.3. The van der Waals surface area contributed by atoms with E-state index in [4.69, 9.17) is 23.2 Å². The highest BCUT2D eigenvalue weighted by Crippen LogP contribution is 2.32. The third kappa shape index (κ3) is 8.07. The molecule has 4 amide bonds. The standard InChI is InChI=1S/C25H23Cl2F3N4O2/c26-21-11-10-19(15-22(21)27)33-24(36)34(20-9-4-8-18(14-20)25(28,29)30)13-5-12-31-23(35)32-16-17-6-2-1-3-7-17/h1-4,6-11,14-15H,5,12-13,16H2,(H,33,36)(H2,31,32,35). The van der Waals surface area contributed by atoms with Gasteiger partial charge < -0.3 is 16.0 Å². The summed E-state index contributed by atoms with van der Waals surface area (Å²) in [5.74, 6) is 0. The first-order valence-electron chi connectivity index (χ1n) is 10.9. The smallest absolute Gasteiger partial charge is 0.338 e. The van der Waals surface area contributed by atoms with Gasteiger partial charge in [-0.1, -0.05) is 59.6 Å². The van der Waals surface area contributed by atoms with Crippen molar-refractivity contribution in [3.8, 4) is 0 Å². The van der Waals surface area contributed by atoms with E-state index in [2.05, 4.69) is 16.0 Å². The molecule has 36 heavy (non-hydrogen) atoms. The number of anilines is 2. The molecule has 3 aromatic carbocycles. The lowest BCUT2D eigenvalue weighted by Crippen LogP contribution is -2.39. The third-order valence-electron chi connectivity index (χ3n) is 5.04. The molecule has 0 saturated heterocycles. The van der Waals surface area contributed by atoms with E-state index in [1.54, 1.807) is 0 Å². The number of hydrogen-bond donors (Lipinski definition) is 3. The minimum absolute atomic E-state index is 0.0351. The molecule has 0 heterocycles. The van der Waals surface area contributed by atoms with Crippen LogP contribution in [0.5, 0.6) is 0 Å². The molecule has 0 unspecified atom stereocenters. The second kappa shape index (κ2) is 12.5. The Kier molecular flexibility index (Phi) is 9.44. The van der Waals surface area contributed by atoms with Crippen LogP contribution in [0.25, 0.3) is 0 Å². The quantitative estimate of drug-likeness (QED) is 0.272. The molecule has 3 aromatic rings. The fourth-order valence-electron chi connectivity index (χ4n) is 3.24. The van der Waals surface area contributed by atoms with Gasteiger partial charge in [-0.2, -0.15) is 13.2 Å². The van der Waals surface area contributed by atoms with Crippen LogP contribution in [-0.2, 0) is 12.7 Å². The summed E-state index contributed by atoms with van der Waals surface area (Å²) in [6.07, 6.45) is -4.29. The van der Waals surface area contributed by atoms with Gasteiger partial charge >= 0.3 is 18.2 Å². The van der Waals surface area contributed by atoms with Gasteiger partial charge in [0.25, 0.3) is 0 Å². The van der Waals surface area contributed by atoms with Gasteiger partial charge in [0.05, 0.1) is 15.6 Å². The maximum atomic E-state index is 13.3. The second-order valence-electron chi connectivity index (χ2n) is 7.71. The summed E-state index contributed by atoms with van der Waals surface area (Å²) in [7, 11) is 0. The SMILES string of the molecule is O=C(NCCCN(C(=O)Nc1ccc(Cl)c(Cl)c1)c1cccc(C(F)(F)F)c1)NCc1ccccc1. The Morgan fingerprint density at radius 2 is 1.61 bits per heavy atom. The molecule has 0 aliphatic carbocycles. The van der Waals surface area contributed by atoms with Crippen molar-refractivity contribution in [3.63, 3.8) is 0 Å². The van der Waals surface area contributed by atoms with Crippen LogP contribution in [0.1, 0.15) is 17.5 Å². The van der Waals surface area contributed by atoms with Crippen molar-refractivity contribution < 1.29 is 22.8 Å². The number of benzene rings is 3. The van der Waals surface area contributed by atoms with Crippen molar-refractivity contribution in [1.82, 2.24) is 10.6 Å². The summed E-state index contributed by atoms with van der Waals surface area (Å²) in [5, 5.41) is 8.52. The lowest BCUT2D eigenvalue weighted by atomic mass is 10.1. The molecule has 190 valence electrons. The number of urea groups is 2. The number of amides is 4. The number of alkyl halides is 3. The molecule has 0 aliphatic rings. The van der Waals surface area contributed by atoms with E-state index in [0.717, 1.165) is 17.7 Å². The molecule has 11 heteroatoms. The monoisotopic (exact) mass is 538 g/mol. The predicted octanol–water partition coefficient (Wildman–Crippen LogP) is 6.94. The molecule has 0 aliphatic heterocycles. The third-order valence-corrected chi connectivity index (χ3v) is 5.78. The topological polar surface area (TPSA) is 73.5 Å². The Morgan fingerprint density at radius 3 is 2.31 bits per heavy atom. The van der Waals surface area contributed by atoms with Gasteiger partial charge in [-0.15, -0.1) is 0 Å². The van der Waals surface area contributed by atoms with Crippen LogP contribution in [0.3, 0.4) is 0 Å². The van der Waals surface area contributed by atoms with E-state index < -0.39 is 23.8 Å².